The molecule has 1 saturated heterocycles. The van der Waals surface area contributed by atoms with Gasteiger partial charge in [0, 0.05) is 41.9 Å². The molecule has 1 heterocycles. The second kappa shape index (κ2) is 6.41. The Hall–Kier alpha value is -1.66. The lowest BCUT2D eigenvalue weighted by atomic mass is 9.90. The molecule has 0 aromatic heterocycles. The zero-order valence-electron chi connectivity index (χ0n) is 11.8. The Balaban J connectivity index is 2.12. The average Bonchev–Trinajstić information content (AvgIpc) is 2.45. The molecular formula is C14H18ClN3O3. The van der Waals surface area contributed by atoms with Crippen molar-refractivity contribution in [2.75, 3.05) is 13.1 Å². The normalized spacial score (nSPS) is 17.6. The van der Waals surface area contributed by atoms with Gasteiger partial charge in [-0.1, -0.05) is 11.6 Å². The first-order chi connectivity index (χ1) is 9.88. The Labute approximate surface area is 128 Å². The molecule has 0 bridgehead atoms. The molecule has 0 aliphatic carbocycles. The van der Waals surface area contributed by atoms with Gasteiger partial charge in [0.2, 0.25) is 0 Å². The van der Waals surface area contributed by atoms with Gasteiger partial charge in [0.25, 0.3) is 11.6 Å². The third-order valence-corrected chi connectivity index (χ3v) is 4.13. The van der Waals surface area contributed by atoms with Crippen molar-refractivity contribution in [1.82, 2.24) is 4.90 Å². The lowest BCUT2D eigenvalue weighted by Crippen LogP contribution is -2.42. The number of carbonyl (C=O) groups is 1. The van der Waals surface area contributed by atoms with Crippen LogP contribution in [-0.2, 0) is 0 Å². The Kier molecular flexibility index (Phi) is 4.80. The largest absolute Gasteiger partial charge is 0.339 e. The van der Waals surface area contributed by atoms with E-state index in [1.807, 2.05) is 6.92 Å². The molecule has 0 saturated carbocycles. The number of rotatable bonds is 3. The molecule has 0 spiro atoms. The third-order valence-electron chi connectivity index (χ3n) is 3.91. The van der Waals surface area contributed by atoms with Crippen molar-refractivity contribution in [1.29, 1.82) is 0 Å². The number of benzene rings is 1. The first-order valence-corrected chi connectivity index (χ1v) is 7.26. The van der Waals surface area contributed by atoms with Crippen LogP contribution in [0.1, 0.15) is 30.1 Å². The Morgan fingerprint density at radius 1 is 1.43 bits per heavy atom. The van der Waals surface area contributed by atoms with E-state index in [4.69, 9.17) is 17.3 Å². The predicted molar refractivity (Wildman–Crippen MR) is 80.4 cm³/mol. The van der Waals surface area contributed by atoms with E-state index >= 15 is 0 Å². The number of amides is 1. The van der Waals surface area contributed by atoms with Crippen LogP contribution in [0.5, 0.6) is 0 Å². The number of hydrogen-bond donors (Lipinski definition) is 1. The fourth-order valence-corrected chi connectivity index (χ4v) is 2.84. The number of nitro benzene ring substituents is 1. The van der Waals surface area contributed by atoms with Gasteiger partial charge in [-0.3, -0.25) is 14.9 Å². The molecule has 1 amide bonds. The van der Waals surface area contributed by atoms with Crippen molar-refractivity contribution in [3.63, 3.8) is 0 Å². The van der Waals surface area contributed by atoms with Gasteiger partial charge in [-0.25, -0.2) is 0 Å². The van der Waals surface area contributed by atoms with Gasteiger partial charge in [-0.2, -0.15) is 0 Å². The van der Waals surface area contributed by atoms with Gasteiger partial charge in [-0.05, 0) is 31.7 Å². The zero-order chi connectivity index (χ0) is 15.6. The number of nitrogens with zero attached hydrogens (tertiary/aromatic N) is 2. The number of hydrogen-bond acceptors (Lipinski definition) is 4. The molecule has 7 heteroatoms. The summed E-state index contributed by atoms with van der Waals surface area (Å²) < 4.78 is 0. The maximum atomic E-state index is 12.4. The zero-order valence-corrected chi connectivity index (χ0v) is 12.5. The van der Waals surface area contributed by atoms with Crippen molar-refractivity contribution in [2.45, 2.75) is 25.8 Å². The fourth-order valence-electron chi connectivity index (χ4n) is 2.61. The minimum atomic E-state index is -0.551. The summed E-state index contributed by atoms with van der Waals surface area (Å²) >= 11 is 5.85. The number of nitrogens with two attached hydrogens (primary N) is 1. The first kappa shape index (κ1) is 15.7. The highest BCUT2D eigenvalue weighted by Crippen LogP contribution is 2.25. The number of nitro groups is 1. The maximum Gasteiger partial charge on any atom is 0.271 e. The predicted octanol–water partition coefficient (Wildman–Crippen LogP) is 2.45. The van der Waals surface area contributed by atoms with Crippen LogP contribution in [0.25, 0.3) is 0 Å². The minimum Gasteiger partial charge on any atom is -0.339 e. The highest BCUT2D eigenvalue weighted by atomic mass is 35.5. The van der Waals surface area contributed by atoms with Crippen LogP contribution in [-0.4, -0.2) is 34.9 Å². The highest BCUT2D eigenvalue weighted by Gasteiger charge is 2.26. The molecule has 1 aliphatic heterocycles. The molecule has 2 N–H and O–H groups in total. The summed E-state index contributed by atoms with van der Waals surface area (Å²) in [5, 5.41) is 11.0. The average molecular weight is 312 g/mol. The highest BCUT2D eigenvalue weighted by molar-refractivity contribution is 6.31. The summed E-state index contributed by atoms with van der Waals surface area (Å²) in [7, 11) is 0. The lowest BCUT2D eigenvalue weighted by molar-refractivity contribution is -0.384. The van der Waals surface area contributed by atoms with E-state index in [9.17, 15) is 14.9 Å². The number of likely N-dealkylation sites (tertiary alicyclic amines) is 1. The topological polar surface area (TPSA) is 89.5 Å². The van der Waals surface area contributed by atoms with Gasteiger partial charge in [-0.15, -0.1) is 0 Å². The maximum absolute atomic E-state index is 12.4. The summed E-state index contributed by atoms with van der Waals surface area (Å²) in [6, 6.07) is 4.09. The van der Waals surface area contributed by atoms with E-state index in [2.05, 4.69) is 0 Å². The van der Waals surface area contributed by atoms with Crippen LogP contribution < -0.4 is 5.73 Å². The van der Waals surface area contributed by atoms with Crippen molar-refractivity contribution < 1.29 is 9.72 Å². The fraction of sp³-hybridized carbons (Fsp3) is 0.500. The SMILES string of the molecule is CC(N)C1CCN(C(=O)c2cc(Cl)cc([N+](=O)[O-])c2)CC1. The van der Waals surface area contributed by atoms with Crippen LogP contribution in [0.4, 0.5) is 5.69 Å². The molecule has 6 nitrogen and oxygen atoms in total. The van der Waals surface area contributed by atoms with Crippen molar-refractivity contribution >= 4 is 23.2 Å². The van der Waals surface area contributed by atoms with Gasteiger partial charge in [0.05, 0.1) is 4.92 Å². The second-order valence-corrected chi connectivity index (χ2v) is 5.88. The summed E-state index contributed by atoms with van der Waals surface area (Å²) in [4.78, 5) is 24.4. The van der Waals surface area contributed by atoms with Crippen molar-refractivity contribution in [2.24, 2.45) is 11.7 Å². The Bertz CT molecular complexity index is 554. The molecule has 2 rings (SSSR count). The van der Waals surface area contributed by atoms with Gasteiger partial charge >= 0.3 is 0 Å². The molecular weight excluding hydrogens is 294 g/mol. The van der Waals surface area contributed by atoms with Crippen molar-refractivity contribution in [3.05, 3.63) is 38.9 Å². The van der Waals surface area contributed by atoms with Crippen LogP contribution in [0.3, 0.4) is 0 Å². The quantitative estimate of drug-likeness (QED) is 0.686. The number of halogens is 1. The molecule has 1 aromatic rings. The first-order valence-electron chi connectivity index (χ1n) is 6.88. The summed E-state index contributed by atoms with van der Waals surface area (Å²) in [6.45, 7) is 3.21. The number of piperidine rings is 1. The smallest absolute Gasteiger partial charge is 0.271 e. The Morgan fingerprint density at radius 2 is 2.05 bits per heavy atom. The molecule has 1 aromatic carbocycles. The Morgan fingerprint density at radius 3 is 2.57 bits per heavy atom. The van der Waals surface area contributed by atoms with Crippen molar-refractivity contribution in [3.8, 4) is 0 Å². The molecule has 1 unspecified atom stereocenters. The molecule has 1 aliphatic rings. The molecule has 114 valence electrons. The van der Waals surface area contributed by atoms with Crippen LogP contribution in [0.15, 0.2) is 18.2 Å². The summed E-state index contributed by atoms with van der Waals surface area (Å²) in [5.41, 5.74) is 5.96. The van der Waals surface area contributed by atoms with Gasteiger partial charge in [0.15, 0.2) is 0 Å². The molecule has 1 atom stereocenters. The van der Waals surface area contributed by atoms with E-state index in [0.29, 0.717) is 19.0 Å². The van der Waals surface area contributed by atoms with Crippen LogP contribution in [0.2, 0.25) is 5.02 Å². The second-order valence-electron chi connectivity index (χ2n) is 5.44. The van der Waals surface area contributed by atoms with E-state index in [0.717, 1.165) is 12.8 Å². The molecule has 21 heavy (non-hydrogen) atoms. The minimum absolute atomic E-state index is 0.120. The lowest BCUT2D eigenvalue weighted by Gasteiger charge is -2.33. The molecule has 1 fully saturated rings. The van der Waals surface area contributed by atoms with E-state index in [1.165, 1.54) is 18.2 Å². The van der Waals surface area contributed by atoms with Crippen LogP contribution in [0, 0.1) is 16.0 Å². The van der Waals surface area contributed by atoms with E-state index in [1.54, 1.807) is 4.90 Å². The van der Waals surface area contributed by atoms with Crippen LogP contribution >= 0.6 is 11.6 Å². The third kappa shape index (κ3) is 3.71. The summed E-state index contributed by atoms with van der Waals surface area (Å²) in [5.74, 6) is 0.200. The van der Waals surface area contributed by atoms with E-state index < -0.39 is 4.92 Å². The summed E-state index contributed by atoms with van der Waals surface area (Å²) in [6.07, 6.45) is 1.71. The van der Waals surface area contributed by atoms with Gasteiger partial charge < -0.3 is 10.6 Å². The standard InChI is InChI=1S/C14H18ClN3O3/c1-9(16)10-2-4-17(5-3-10)14(19)11-6-12(15)8-13(7-11)18(20)21/h6-10H,2-5,16H2,1H3. The molecule has 0 radical (unpaired) electrons. The van der Waals surface area contributed by atoms with E-state index in [-0.39, 0.29) is 28.2 Å². The van der Waals surface area contributed by atoms with Gasteiger partial charge in [0.1, 0.15) is 0 Å². The monoisotopic (exact) mass is 311 g/mol. The number of non-ortho nitro benzene ring substituents is 1. The number of carbonyl (C=O) groups excluding carboxylic acids is 1.